The highest BCUT2D eigenvalue weighted by atomic mass is 19.1. The number of primary amides is 1. The summed E-state index contributed by atoms with van der Waals surface area (Å²) in [4.78, 5) is 23.5. The molecule has 162 valence electrons. The average Bonchev–Trinajstić information content (AvgIpc) is 3.22. The highest BCUT2D eigenvalue weighted by molar-refractivity contribution is 6.05. The number of nitrogens with zero attached hydrogens (tertiary/aromatic N) is 5. The Labute approximate surface area is 183 Å². The Morgan fingerprint density at radius 2 is 2.06 bits per heavy atom. The Balaban J connectivity index is 1.60. The van der Waals surface area contributed by atoms with Gasteiger partial charge in [-0.2, -0.15) is 19.7 Å². The smallest absolute Gasteiger partial charge is 0.255 e. The van der Waals surface area contributed by atoms with E-state index in [2.05, 4.69) is 15.3 Å². The van der Waals surface area contributed by atoms with E-state index in [1.807, 2.05) is 19.2 Å². The number of benzene rings is 2. The number of nitrogens with two attached hydrogens (primary N) is 1. The predicted octanol–water partition coefficient (Wildman–Crippen LogP) is 3.05. The van der Waals surface area contributed by atoms with Crippen LogP contribution >= 0.6 is 0 Å². The normalized spacial score (nSPS) is 13.2. The number of fused-ring (bicyclic) bond motifs is 2. The monoisotopic (exact) mass is 431 g/mol. The van der Waals surface area contributed by atoms with E-state index in [9.17, 15) is 9.18 Å². The molecule has 32 heavy (non-hydrogen) atoms. The van der Waals surface area contributed by atoms with E-state index in [0.29, 0.717) is 34.8 Å². The second-order valence-electron chi connectivity index (χ2n) is 7.84. The Bertz CT molecular complexity index is 1330. The van der Waals surface area contributed by atoms with Crippen molar-refractivity contribution in [3.63, 3.8) is 0 Å². The first kappa shape index (κ1) is 19.9. The van der Waals surface area contributed by atoms with Crippen LogP contribution in [0.1, 0.15) is 27.9 Å². The van der Waals surface area contributed by atoms with Crippen molar-refractivity contribution in [2.75, 3.05) is 23.8 Å². The number of nitrogens with one attached hydrogen (secondary N) is 1. The van der Waals surface area contributed by atoms with E-state index in [-0.39, 0.29) is 5.82 Å². The van der Waals surface area contributed by atoms with Crippen LogP contribution < -0.4 is 16.0 Å². The first-order valence-corrected chi connectivity index (χ1v) is 10.4. The van der Waals surface area contributed by atoms with Crippen LogP contribution in [0.2, 0.25) is 0 Å². The zero-order valence-corrected chi connectivity index (χ0v) is 17.5. The molecule has 4 aromatic rings. The summed E-state index contributed by atoms with van der Waals surface area (Å²) in [5.41, 5.74) is 8.44. The van der Waals surface area contributed by atoms with Crippen molar-refractivity contribution in [3.05, 3.63) is 71.2 Å². The highest BCUT2D eigenvalue weighted by Gasteiger charge is 2.23. The van der Waals surface area contributed by atoms with Crippen LogP contribution in [0.15, 0.2) is 48.7 Å². The first-order chi connectivity index (χ1) is 15.5. The molecule has 0 unspecified atom stereocenters. The van der Waals surface area contributed by atoms with Gasteiger partial charge in [-0.25, -0.2) is 4.39 Å². The standard InChI is InChI=1S/C23H22FN7O/c1-30-10-4-8-17-21(26-12-14-5-2-6-15(24)11-14)28-23(29-22(17)30)31-19-9-3-7-16(20(25)32)18(19)13-27-31/h2-3,5-7,9,11,13H,4,8,10,12H2,1H3,(H2,25,32)(H,26,28,29). The molecule has 5 rings (SSSR count). The summed E-state index contributed by atoms with van der Waals surface area (Å²) in [6.07, 6.45) is 3.44. The molecule has 9 heteroatoms. The largest absolute Gasteiger partial charge is 0.366 e. The summed E-state index contributed by atoms with van der Waals surface area (Å²) in [5.74, 6) is 1.12. The minimum absolute atomic E-state index is 0.275. The van der Waals surface area contributed by atoms with Crippen LogP contribution in [0, 0.1) is 5.82 Å². The molecule has 0 spiro atoms. The van der Waals surface area contributed by atoms with E-state index in [1.54, 1.807) is 29.1 Å². The van der Waals surface area contributed by atoms with Crippen molar-refractivity contribution in [1.29, 1.82) is 0 Å². The highest BCUT2D eigenvalue weighted by Crippen LogP contribution is 2.31. The van der Waals surface area contributed by atoms with E-state index >= 15 is 0 Å². The van der Waals surface area contributed by atoms with Gasteiger partial charge in [-0.1, -0.05) is 18.2 Å². The van der Waals surface area contributed by atoms with Gasteiger partial charge in [0.1, 0.15) is 17.5 Å². The average molecular weight is 431 g/mol. The molecule has 0 fully saturated rings. The molecular formula is C23H22FN7O. The summed E-state index contributed by atoms with van der Waals surface area (Å²) in [6.45, 7) is 1.31. The summed E-state index contributed by atoms with van der Waals surface area (Å²) < 4.78 is 15.2. The molecule has 3 N–H and O–H groups in total. The minimum Gasteiger partial charge on any atom is -0.366 e. The third-order valence-electron chi connectivity index (χ3n) is 5.67. The van der Waals surface area contributed by atoms with Crippen LogP contribution in [0.25, 0.3) is 16.9 Å². The molecule has 0 atom stereocenters. The molecule has 0 saturated heterocycles. The number of carbonyl (C=O) groups excluding carboxylic acids is 1. The van der Waals surface area contributed by atoms with Gasteiger partial charge in [0, 0.05) is 31.1 Å². The van der Waals surface area contributed by atoms with Gasteiger partial charge in [-0.05, 0) is 42.7 Å². The number of rotatable bonds is 5. The van der Waals surface area contributed by atoms with Gasteiger partial charge in [0.2, 0.25) is 5.91 Å². The molecule has 0 bridgehead atoms. The number of hydrogen-bond donors (Lipinski definition) is 2. The van der Waals surface area contributed by atoms with E-state index < -0.39 is 5.91 Å². The maximum absolute atomic E-state index is 13.6. The van der Waals surface area contributed by atoms with Gasteiger partial charge in [-0.15, -0.1) is 0 Å². The van der Waals surface area contributed by atoms with Crippen molar-refractivity contribution in [2.24, 2.45) is 5.73 Å². The van der Waals surface area contributed by atoms with Gasteiger partial charge in [0.25, 0.3) is 5.95 Å². The topological polar surface area (TPSA) is 102 Å². The SMILES string of the molecule is CN1CCCc2c(NCc3cccc(F)c3)nc(-n3ncc4c(C(N)=O)cccc43)nc21. The van der Waals surface area contributed by atoms with E-state index in [0.717, 1.165) is 36.3 Å². The van der Waals surface area contributed by atoms with Crippen molar-refractivity contribution in [2.45, 2.75) is 19.4 Å². The molecule has 2 aromatic carbocycles. The van der Waals surface area contributed by atoms with Crippen LogP contribution in [-0.4, -0.2) is 39.2 Å². The maximum atomic E-state index is 13.6. The molecule has 1 aliphatic heterocycles. The molecule has 0 radical (unpaired) electrons. The van der Waals surface area contributed by atoms with Crippen LogP contribution in [0.5, 0.6) is 0 Å². The van der Waals surface area contributed by atoms with Crippen molar-refractivity contribution < 1.29 is 9.18 Å². The number of aromatic nitrogens is 4. The second-order valence-corrected chi connectivity index (χ2v) is 7.84. The number of carbonyl (C=O) groups is 1. The quantitative estimate of drug-likeness (QED) is 0.504. The lowest BCUT2D eigenvalue weighted by Crippen LogP contribution is -2.28. The van der Waals surface area contributed by atoms with Gasteiger partial charge < -0.3 is 16.0 Å². The van der Waals surface area contributed by atoms with Crippen molar-refractivity contribution in [1.82, 2.24) is 19.7 Å². The molecular weight excluding hydrogens is 409 g/mol. The summed E-state index contributed by atoms with van der Waals surface area (Å²) >= 11 is 0. The zero-order valence-electron chi connectivity index (χ0n) is 17.5. The molecule has 1 aliphatic rings. The summed E-state index contributed by atoms with van der Waals surface area (Å²) in [5, 5.41) is 8.44. The first-order valence-electron chi connectivity index (χ1n) is 10.4. The van der Waals surface area contributed by atoms with Crippen LogP contribution in [0.3, 0.4) is 0 Å². The maximum Gasteiger partial charge on any atom is 0.255 e. The Morgan fingerprint density at radius 3 is 2.88 bits per heavy atom. The van der Waals surface area contributed by atoms with Crippen LogP contribution in [0.4, 0.5) is 16.0 Å². The lowest BCUT2D eigenvalue weighted by Gasteiger charge is -2.28. The van der Waals surface area contributed by atoms with Crippen LogP contribution in [-0.2, 0) is 13.0 Å². The number of halogens is 1. The lowest BCUT2D eigenvalue weighted by molar-refractivity contribution is 0.100. The third-order valence-corrected chi connectivity index (χ3v) is 5.67. The van der Waals surface area contributed by atoms with Gasteiger partial charge in [-0.3, -0.25) is 4.79 Å². The van der Waals surface area contributed by atoms with Crippen molar-refractivity contribution in [3.8, 4) is 5.95 Å². The lowest BCUT2D eigenvalue weighted by atomic mass is 10.1. The second kappa shape index (κ2) is 7.92. The Kier molecular flexibility index (Phi) is 4.93. The fourth-order valence-corrected chi connectivity index (χ4v) is 4.10. The fraction of sp³-hybridized carbons (Fsp3) is 0.217. The van der Waals surface area contributed by atoms with E-state index in [4.69, 9.17) is 15.7 Å². The van der Waals surface area contributed by atoms with Gasteiger partial charge in [0.15, 0.2) is 0 Å². The molecule has 1 amide bonds. The van der Waals surface area contributed by atoms with E-state index in [1.165, 1.54) is 12.1 Å². The Hall–Kier alpha value is -4.01. The Morgan fingerprint density at radius 1 is 1.22 bits per heavy atom. The number of anilines is 2. The number of hydrogen-bond acceptors (Lipinski definition) is 6. The van der Waals surface area contributed by atoms with Gasteiger partial charge >= 0.3 is 0 Å². The fourth-order valence-electron chi connectivity index (χ4n) is 4.10. The molecule has 3 heterocycles. The molecule has 0 aliphatic carbocycles. The predicted molar refractivity (Wildman–Crippen MR) is 120 cm³/mol. The molecule has 8 nitrogen and oxygen atoms in total. The minimum atomic E-state index is -0.515. The number of amides is 1. The van der Waals surface area contributed by atoms with Crippen molar-refractivity contribution >= 4 is 28.4 Å². The van der Waals surface area contributed by atoms with Gasteiger partial charge in [0.05, 0.1) is 17.3 Å². The third kappa shape index (κ3) is 3.51. The summed E-state index contributed by atoms with van der Waals surface area (Å²) in [7, 11) is 2.00. The molecule has 2 aromatic heterocycles. The zero-order chi connectivity index (χ0) is 22.2. The molecule has 0 saturated carbocycles. The summed E-state index contributed by atoms with van der Waals surface area (Å²) in [6, 6.07) is 11.8.